The predicted molar refractivity (Wildman–Crippen MR) is 126 cm³/mol. The fourth-order valence-corrected chi connectivity index (χ4v) is 4.76. The van der Waals surface area contributed by atoms with Crippen LogP contribution in [0.4, 0.5) is 4.39 Å². The first-order valence-corrected chi connectivity index (χ1v) is 11.3. The van der Waals surface area contributed by atoms with E-state index in [2.05, 4.69) is 14.5 Å². The summed E-state index contributed by atoms with van der Waals surface area (Å²) >= 11 is 7.68. The van der Waals surface area contributed by atoms with Crippen molar-refractivity contribution in [2.24, 2.45) is 0 Å². The first-order valence-electron chi connectivity index (χ1n) is 10.1. The third-order valence-corrected chi connectivity index (χ3v) is 6.67. The molecule has 1 saturated heterocycles. The van der Waals surface area contributed by atoms with Crippen LogP contribution in [0.2, 0.25) is 5.02 Å². The summed E-state index contributed by atoms with van der Waals surface area (Å²) in [6, 6.07) is 21.5. The summed E-state index contributed by atoms with van der Waals surface area (Å²) in [7, 11) is 0. The van der Waals surface area contributed by atoms with E-state index in [1.807, 2.05) is 48.5 Å². The Hall–Kier alpha value is -3.33. The van der Waals surface area contributed by atoms with Gasteiger partial charge in [-0.25, -0.2) is 14.1 Å². The zero-order valence-electron chi connectivity index (χ0n) is 17.2. The highest BCUT2D eigenvalue weighted by molar-refractivity contribution is 7.13. The minimum Gasteiger partial charge on any atom is -0.354 e. The van der Waals surface area contributed by atoms with Crippen LogP contribution in [-0.4, -0.2) is 19.1 Å². The van der Waals surface area contributed by atoms with Crippen molar-refractivity contribution in [3.05, 3.63) is 118 Å². The minimum absolute atomic E-state index is 0.0144. The van der Waals surface area contributed by atoms with E-state index in [1.165, 1.54) is 30.0 Å². The van der Waals surface area contributed by atoms with Gasteiger partial charge in [0.25, 0.3) is 5.56 Å². The lowest BCUT2D eigenvalue weighted by atomic mass is 9.91. The van der Waals surface area contributed by atoms with Gasteiger partial charge < -0.3 is 4.74 Å². The van der Waals surface area contributed by atoms with Crippen molar-refractivity contribution in [2.45, 2.75) is 18.2 Å². The molecule has 6 nitrogen and oxygen atoms in total. The topological polar surface area (TPSA) is 76.1 Å². The maximum absolute atomic E-state index is 13.3. The highest BCUT2D eigenvalue weighted by Gasteiger charge is 2.59. The average molecular weight is 481 g/mol. The summed E-state index contributed by atoms with van der Waals surface area (Å²) in [4.78, 5) is 14.9. The summed E-state index contributed by atoms with van der Waals surface area (Å²) in [6.07, 6.45) is 2.91. The molecular formula is C24H18ClFN4O2S. The van der Waals surface area contributed by atoms with Crippen LogP contribution in [0.1, 0.15) is 17.2 Å². The number of nitrogens with one attached hydrogen (secondary N) is 1. The number of halogens is 2. The predicted octanol–water partition coefficient (Wildman–Crippen LogP) is 5.33. The second-order valence-electron chi connectivity index (χ2n) is 7.54. The Bertz CT molecular complexity index is 1430. The molecule has 9 heteroatoms. The van der Waals surface area contributed by atoms with Crippen LogP contribution < -0.4 is 5.56 Å². The SMILES string of the molecule is Fc1ccc(C2(Cn3cncn3)OC2c2ccccc2Cl)cc1.O=c1[nH]sc2ccccc12. The summed E-state index contributed by atoms with van der Waals surface area (Å²) in [6.45, 7) is 0.481. The number of H-pyrrole nitrogens is 1. The second kappa shape index (κ2) is 8.90. The van der Waals surface area contributed by atoms with Gasteiger partial charge in [0.05, 0.1) is 16.6 Å². The molecule has 1 N–H and O–H groups in total. The van der Waals surface area contributed by atoms with Crippen molar-refractivity contribution in [1.82, 2.24) is 19.1 Å². The molecule has 0 amide bonds. The van der Waals surface area contributed by atoms with Gasteiger partial charge in [0.15, 0.2) is 0 Å². The van der Waals surface area contributed by atoms with Gasteiger partial charge in [-0.1, -0.05) is 65.6 Å². The van der Waals surface area contributed by atoms with E-state index in [-0.39, 0.29) is 17.5 Å². The van der Waals surface area contributed by atoms with E-state index < -0.39 is 5.60 Å². The number of benzene rings is 3. The van der Waals surface area contributed by atoms with Crippen molar-refractivity contribution in [3.63, 3.8) is 0 Å². The highest BCUT2D eigenvalue weighted by Crippen LogP contribution is 2.59. The normalized spacial score (nSPS) is 19.2. The molecule has 0 bridgehead atoms. The van der Waals surface area contributed by atoms with E-state index in [9.17, 15) is 9.18 Å². The summed E-state index contributed by atoms with van der Waals surface area (Å²) in [5.41, 5.74) is 1.20. The average Bonchev–Trinajstić information content (AvgIpc) is 3.13. The maximum Gasteiger partial charge on any atom is 0.265 e. The zero-order chi connectivity index (χ0) is 22.8. The van der Waals surface area contributed by atoms with E-state index in [0.717, 1.165) is 21.2 Å². The van der Waals surface area contributed by atoms with E-state index in [1.54, 1.807) is 23.1 Å². The number of epoxide rings is 1. The molecule has 2 atom stereocenters. The summed E-state index contributed by atoms with van der Waals surface area (Å²) in [5.74, 6) is -0.278. The fraction of sp³-hybridized carbons (Fsp3) is 0.125. The van der Waals surface area contributed by atoms with Crippen molar-refractivity contribution in [3.8, 4) is 0 Å². The van der Waals surface area contributed by atoms with Gasteiger partial charge in [-0.15, -0.1) is 0 Å². The third kappa shape index (κ3) is 4.32. The molecule has 0 radical (unpaired) electrons. The first-order chi connectivity index (χ1) is 16.1. The van der Waals surface area contributed by atoms with Gasteiger partial charge >= 0.3 is 0 Å². The molecular weight excluding hydrogens is 463 g/mol. The largest absolute Gasteiger partial charge is 0.354 e. The molecule has 0 spiro atoms. The standard InChI is InChI=1S/C17H13ClFN3O.C7H5NOS/c18-15-4-2-1-3-14(15)16-17(23-16,9-22-11-20-10-21-22)12-5-7-13(19)8-6-12;9-7-5-3-1-2-4-6(5)10-8-7/h1-8,10-11,16H,9H2;1-4H,(H,8,9). The molecule has 6 rings (SSSR count). The number of hydrogen-bond acceptors (Lipinski definition) is 5. The smallest absolute Gasteiger partial charge is 0.265 e. The first kappa shape index (κ1) is 21.5. The quantitative estimate of drug-likeness (QED) is 0.353. The Kier molecular flexibility index (Phi) is 5.80. The molecule has 1 aliphatic heterocycles. The molecule has 1 aliphatic rings. The van der Waals surface area contributed by atoms with E-state index in [4.69, 9.17) is 16.3 Å². The summed E-state index contributed by atoms with van der Waals surface area (Å²) < 4.78 is 24.7. The molecule has 3 aromatic carbocycles. The van der Waals surface area contributed by atoms with Gasteiger partial charge in [-0.05, 0) is 35.9 Å². The Labute approximate surface area is 197 Å². The van der Waals surface area contributed by atoms with Gasteiger partial charge in [0.1, 0.15) is 30.2 Å². The maximum atomic E-state index is 13.3. The van der Waals surface area contributed by atoms with Gasteiger partial charge in [0.2, 0.25) is 0 Å². The van der Waals surface area contributed by atoms with Crippen LogP contribution in [0.5, 0.6) is 0 Å². The fourth-order valence-electron chi connectivity index (χ4n) is 3.80. The number of aromatic nitrogens is 4. The van der Waals surface area contributed by atoms with E-state index >= 15 is 0 Å². The lowest BCUT2D eigenvalue weighted by Crippen LogP contribution is -2.19. The highest BCUT2D eigenvalue weighted by atomic mass is 35.5. The van der Waals surface area contributed by atoms with Crippen LogP contribution in [0.15, 0.2) is 90.2 Å². The zero-order valence-corrected chi connectivity index (χ0v) is 18.8. The number of hydrogen-bond donors (Lipinski definition) is 1. The van der Waals surface area contributed by atoms with Crippen molar-refractivity contribution >= 4 is 33.2 Å². The van der Waals surface area contributed by atoms with Gasteiger partial charge in [0, 0.05) is 10.6 Å². The van der Waals surface area contributed by atoms with Crippen LogP contribution >= 0.6 is 23.1 Å². The Morgan fingerprint density at radius 1 is 1.09 bits per heavy atom. The number of ether oxygens (including phenoxy) is 1. The van der Waals surface area contributed by atoms with E-state index in [0.29, 0.717) is 11.6 Å². The van der Waals surface area contributed by atoms with Crippen LogP contribution in [0.3, 0.4) is 0 Å². The number of aromatic amines is 1. The second-order valence-corrected chi connectivity index (χ2v) is 8.79. The van der Waals surface area contributed by atoms with Crippen LogP contribution in [0.25, 0.3) is 10.1 Å². The van der Waals surface area contributed by atoms with Gasteiger partial charge in [-0.3, -0.25) is 9.17 Å². The molecule has 33 heavy (non-hydrogen) atoms. The number of rotatable bonds is 4. The molecule has 0 aliphatic carbocycles. The van der Waals surface area contributed by atoms with Crippen molar-refractivity contribution in [2.75, 3.05) is 0 Å². The molecule has 2 unspecified atom stereocenters. The lowest BCUT2D eigenvalue weighted by Gasteiger charge is -2.14. The Morgan fingerprint density at radius 2 is 1.85 bits per heavy atom. The minimum atomic E-state index is -0.619. The molecule has 1 fully saturated rings. The summed E-state index contributed by atoms with van der Waals surface area (Å²) in [5, 5.41) is 5.59. The molecule has 2 aromatic heterocycles. The molecule has 166 valence electrons. The molecule has 0 saturated carbocycles. The lowest BCUT2D eigenvalue weighted by molar-refractivity contribution is 0.262. The number of nitrogens with zero attached hydrogens (tertiary/aromatic N) is 3. The molecule has 3 heterocycles. The Morgan fingerprint density at radius 3 is 2.58 bits per heavy atom. The Balaban J connectivity index is 0.000000190. The van der Waals surface area contributed by atoms with Crippen molar-refractivity contribution in [1.29, 1.82) is 0 Å². The third-order valence-electron chi connectivity index (χ3n) is 5.46. The molecule has 5 aromatic rings. The van der Waals surface area contributed by atoms with Crippen LogP contribution in [0, 0.1) is 5.82 Å². The van der Waals surface area contributed by atoms with Crippen molar-refractivity contribution < 1.29 is 9.13 Å². The number of fused-ring (bicyclic) bond motifs is 1. The monoisotopic (exact) mass is 480 g/mol. The van der Waals surface area contributed by atoms with Crippen LogP contribution in [-0.2, 0) is 16.9 Å². The van der Waals surface area contributed by atoms with Gasteiger partial charge in [-0.2, -0.15) is 5.10 Å².